The van der Waals surface area contributed by atoms with Crippen molar-refractivity contribution in [3.05, 3.63) is 101 Å². The standard InChI is InChI=1S/C31H32N4O3/c1-20-9-3-5-13-23(20)19-32-31(38)35-28(22-11-6-7-12-22)18-27(34-35)26-17-24(15-16-29(26)36)33-30(37)25-14-8-4-10-21(25)2/h3-5,8-10,13-18,22,36H,6-7,11-12,19H2,1-2H3,(H,32,38)(H,33,37). The highest BCUT2D eigenvalue weighted by atomic mass is 16.3. The van der Waals surface area contributed by atoms with Crippen molar-refractivity contribution >= 4 is 17.6 Å². The maximum Gasteiger partial charge on any atom is 0.342 e. The molecule has 0 unspecified atom stereocenters. The molecule has 3 aromatic carbocycles. The molecule has 1 aliphatic rings. The van der Waals surface area contributed by atoms with Crippen molar-refractivity contribution < 1.29 is 14.7 Å². The predicted octanol–water partition coefficient (Wildman–Crippen LogP) is 6.54. The van der Waals surface area contributed by atoms with Crippen LogP contribution < -0.4 is 10.6 Å². The average molecular weight is 509 g/mol. The fourth-order valence-corrected chi connectivity index (χ4v) is 5.10. The molecule has 194 valence electrons. The summed E-state index contributed by atoms with van der Waals surface area (Å²) in [6.07, 6.45) is 4.22. The molecule has 4 aromatic rings. The van der Waals surface area contributed by atoms with Crippen molar-refractivity contribution in [2.75, 3.05) is 5.32 Å². The van der Waals surface area contributed by atoms with Gasteiger partial charge in [-0.3, -0.25) is 4.79 Å². The van der Waals surface area contributed by atoms with Crippen molar-refractivity contribution in [1.29, 1.82) is 0 Å². The average Bonchev–Trinajstić information content (AvgIpc) is 3.60. The molecule has 1 aliphatic carbocycles. The lowest BCUT2D eigenvalue weighted by molar-refractivity contribution is 0.102. The molecular formula is C31H32N4O3. The van der Waals surface area contributed by atoms with Crippen molar-refractivity contribution in [2.45, 2.75) is 52.0 Å². The molecule has 1 fully saturated rings. The van der Waals surface area contributed by atoms with Gasteiger partial charge < -0.3 is 15.7 Å². The number of aryl methyl sites for hydroxylation is 2. The van der Waals surface area contributed by atoms with E-state index in [0.717, 1.165) is 48.1 Å². The maximum absolute atomic E-state index is 13.3. The zero-order chi connectivity index (χ0) is 26.6. The van der Waals surface area contributed by atoms with Crippen LogP contribution in [-0.2, 0) is 6.54 Å². The first-order valence-electron chi connectivity index (χ1n) is 13.0. The van der Waals surface area contributed by atoms with Gasteiger partial charge in [0.25, 0.3) is 5.91 Å². The number of amides is 2. The predicted molar refractivity (Wildman–Crippen MR) is 148 cm³/mol. The van der Waals surface area contributed by atoms with E-state index in [9.17, 15) is 14.7 Å². The number of phenols is 1. The molecule has 7 heteroatoms. The summed E-state index contributed by atoms with van der Waals surface area (Å²) in [5, 5.41) is 21.3. The third kappa shape index (κ3) is 5.32. The van der Waals surface area contributed by atoms with Crippen molar-refractivity contribution in [3.8, 4) is 17.0 Å². The summed E-state index contributed by atoms with van der Waals surface area (Å²) in [6.45, 7) is 4.31. The van der Waals surface area contributed by atoms with E-state index in [-0.39, 0.29) is 23.6 Å². The second-order valence-electron chi connectivity index (χ2n) is 9.93. The topological polar surface area (TPSA) is 96.3 Å². The van der Waals surface area contributed by atoms with Gasteiger partial charge in [0.05, 0.1) is 11.4 Å². The smallest absolute Gasteiger partial charge is 0.342 e. The van der Waals surface area contributed by atoms with Gasteiger partial charge in [-0.25, -0.2) is 4.79 Å². The number of hydrogen-bond donors (Lipinski definition) is 3. The molecule has 5 rings (SSSR count). The van der Waals surface area contributed by atoms with Gasteiger partial charge >= 0.3 is 6.03 Å². The Morgan fingerprint density at radius 2 is 1.66 bits per heavy atom. The van der Waals surface area contributed by atoms with Crippen LogP contribution in [0.4, 0.5) is 10.5 Å². The molecule has 1 saturated carbocycles. The third-order valence-corrected chi connectivity index (χ3v) is 7.31. The molecule has 1 aromatic heterocycles. The van der Waals surface area contributed by atoms with Crippen LogP contribution in [0, 0.1) is 13.8 Å². The number of aromatic hydroxyl groups is 1. The Morgan fingerprint density at radius 1 is 0.947 bits per heavy atom. The van der Waals surface area contributed by atoms with Gasteiger partial charge in [0.2, 0.25) is 0 Å². The third-order valence-electron chi connectivity index (χ3n) is 7.31. The SMILES string of the molecule is Cc1ccccc1CNC(=O)n1nc(-c2cc(NC(=O)c3ccccc3C)ccc2O)cc1C1CCCC1. The number of phenolic OH excluding ortho intramolecular Hbond substituents is 1. The molecule has 0 bridgehead atoms. The lowest BCUT2D eigenvalue weighted by Crippen LogP contribution is -2.31. The summed E-state index contributed by atoms with van der Waals surface area (Å²) < 4.78 is 1.45. The van der Waals surface area contributed by atoms with E-state index in [1.807, 2.05) is 62.4 Å². The lowest BCUT2D eigenvalue weighted by atomic mass is 10.0. The van der Waals surface area contributed by atoms with Crippen LogP contribution >= 0.6 is 0 Å². The minimum atomic E-state index is -0.301. The van der Waals surface area contributed by atoms with E-state index in [1.54, 1.807) is 18.2 Å². The van der Waals surface area contributed by atoms with Gasteiger partial charge in [-0.05, 0) is 73.7 Å². The molecule has 0 radical (unpaired) electrons. The Kier molecular flexibility index (Phi) is 7.26. The Morgan fingerprint density at radius 3 is 2.39 bits per heavy atom. The second-order valence-corrected chi connectivity index (χ2v) is 9.93. The maximum atomic E-state index is 13.3. The molecule has 7 nitrogen and oxygen atoms in total. The van der Waals surface area contributed by atoms with Gasteiger partial charge in [0.15, 0.2) is 0 Å². The molecule has 2 amide bonds. The molecule has 3 N–H and O–H groups in total. The number of anilines is 1. The lowest BCUT2D eigenvalue weighted by Gasteiger charge is -2.13. The van der Waals surface area contributed by atoms with Crippen LogP contribution in [0.5, 0.6) is 5.75 Å². The molecule has 1 heterocycles. The quantitative estimate of drug-likeness (QED) is 0.258. The van der Waals surface area contributed by atoms with Crippen molar-refractivity contribution in [2.24, 2.45) is 0 Å². The van der Waals surface area contributed by atoms with Gasteiger partial charge in [-0.2, -0.15) is 9.78 Å². The number of benzene rings is 3. The molecule has 0 spiro atoms. The number of carbonyl (C=O) groups is 2. The van der Waals surface area contributed by atoms with Gasteiger partial charge in [0, 0.05) is 29.3 Å². The van der Waals surface area contributed by atoms with E-state index in [4.69, 9.17) is 0 Å². The first kappa shape index (κ1) is 25.3. The highest BCUT2D eigenvalue weighted by Gasteiger charge is 2.26. The van der Waals surface area contributed by atoms with E-state index in [2.05, 4.69) is 15.7 Å². The Hall–Kier alpha value is -4.39. The molecule has 0 aliphatic heterocycles. The highest BCUT2D eigenvalue weighted by molar-refractivity contribution is 6.05. The molecule has 38 heavy (non-hydrogen) atoms. The van der Waals surface area contributed by atoms with Crippen LogP contribution in [0.15, 0.2) is 72.8 Å². The summed E-state index contributed by atoms with van der Waals surface area (Å²) in [5.74, 6) is 0.0286. The van der Waals surface area contributed by atoms with Crippen molar-refractivity contribution in [3.63, 3.8) is 0 Å². The zero-order valence-corrected chi connectivity index (χ0v) is 21.7. The Bertz CT molecular complexity index is 1480. The van der Waals surface area contributed by atoms with Gasteiger partial charge in [0.1, 0.15) is 5.75 Å². The van der Waals surface area contributed by atoms with Crippen LogP contribution in [0.2, 0.25) is 0 Å². The van der Waals surface area contributed by atoms with Crippen LogP contribution in [0.3, 0.4) is 0 Å². The normalized spacial score (nSPS) is 13.4. The second kappa shape index (κ2) is 10.9. The number of nitrogens with zero attached hydrogens (tertiary/aromatic N) is 2. The number of hydrogen-bond acceptors (Lipinski definition) is 4. The largest absolute Gasteiger partial charge is 0.507 e. The number of carbonyl (C=O) groups excluding carboxylic acids is 2. The summed E-state index contributed by atoms with van der Waals surface area (Å²) in [6, 6.07) is 21.8. The van der Waals surface area contributed by atoms with Crippen LogP contribution in [-0.4, -0.2) is 26.8 Å². The Labute approximate surface area is 222 Å². The van der Waals surface area contributed by atoms with Crippen molar-refractivity contribution in [1.82, 2.24) is 15.1 Å². The first-order valence-corrected chi connectivity index (χ1v) is 13.0. The molecule has 0 atom stereocenters. The summed E-state index contributed by atoms with van der Waals surface area (Å²) in [5.41, 5.74) is 5.94. The number of rotatable bonds is 6. The summed E-state index contributed by atoms with van der Waals surface area (Å²) in [7, 11) is 0. The molecular weight excluding hydrogens is 476 g/mol. The number of aromatic nitrogens is 2. The first-order chi connectivity index (χ1) is 18.4. The molecule has 0 saturated heterocycles. The Balaban J connectivity index is 1.43. The number of nitrogens with one attached hydrogen (secondary N) is 2. The zero-order valence-electron chi connectivity index (χ0n) is 21.7. The van der Waals surface area contributed by atoms with Crippen LogP contribution in [0.1, 0.15) is 64.3 Å². The van der Waals surface area contributed by atoms with Gasteiger partial charge in [-0.1, -0.05) is 55.3 Å². The summed E-state index contributed by atoms with van der Waals surface area (Å²) >= 11 is 0. The fraction of sp³-hybridized carbons (Fsp3) is 0.258. The monoisotopic (exact) mass is 508 g/mol. The van der Waals surface area contributed by atoms with E-state index < -0.39 is 0 Å². The van der Waals surface area contributed by atoms with E-state index in [0.29, 0.717) is 29.1 Å². The van der Waals surface area contributed by atoms with E-state index >= 15 is 0 Å². The van der Waals surface area contributed by atoms with Gasteiger partial charge in [-0.15, -0.1) is 0 Å². The van der Waals surface area contributed by atoms with E-state index in [1.165, 1.54) is 10.7 Å². The fourth-order valence-electron chi connectivity index (χ4n) is 5.10. The summed E-state index contributed by atoms with van der Waals surface area (Å²) in [4.78, 5) is 26.2. The highest BCUT2D eigenvalue weighted by Crippen LogP contribution is 2.38. The minimum absolute atomic E-state index is 0.0295. The van der Waals surface area contributed by atoms with Crippen LogP contribution in [0.25, 0.3) is 11.3 Å². The minimum Gasteiger partial charge on any atom is -0.507 e.